The molecule has 0 radical (unpaired) electrons. The Balaban J connectivity index is 1.82. The second kappa shape index (κ2) is 8.79. The van der Waals surface area contributed by atoms with Crippen LogP contribution < -0.4 is 10.6 Å². The van der Waals surface area contributed by atoms with Crippen LogP contribution in [0, 0.1) is 17.5 Å². The van der Waals surface area contributed by atoms with Crippen LogP contribution in [0.4, 0.5) is 21.8 Å². The van der Waals surface area contributed by atoms with Gasteiger partial charge in [0.25, 0.3) is 0 Å². The standard InChI is InChI=1S/C20H21FN5OS/c1-3-23-19-15(11-14-4-9-18(21)13(2)10-14)12-24-20(26-19)25-16-5-7-17(8-6-16)28(22)27/h4-10,12,22H,3,11H2,1-2H3,(H2,23,24,25,26)/q-1. The first-order valence-electron chi connectivity index (χ1n) is 8.81. The Labute approximate surface area is 165 Å². The first-order chi connectivity index (χ1) is 13.5. The third-order valence-corrected chi connectivity index (χ3v) is 4.85. The van der Waals surface area contributed by atoms with Crippen LogP contribution in [0.25, 0.3) is 0 Å². The SMILES string of the molecule is CCNc1nc(Nc2ccc([S-](=N)=O)cc2)ncc1Cc1ccc(F)c(C)c1. The van der Waals surface area contributed by atoms with Crippen LogP contribution >= 0.6 is 0 Å². The zero-order valence-corrected chi connectivity index (χ0v) is 16.4. The molecule has 0 amide bonds. The lowest BCUT2D eigenvalue weighted by molar-refractivity contribution is 0.599. The van der Waals surface area contributed by atoms with Gasteiger partial charge in [-0.3, -0.25) is 0 Å². The molecule has 8 heteroatoms. The molecule has 6 nitrogen and oxygen atoms in total. The summed E-state index contributed by atoms with van der Waals surface area (Å²) in [5.41, 5.74) is 3.25. The molecule has 3 aromatic rings. The van der Waals surface area contributed by atoms with Gasteiger partial charge in [-0.2, -0.15) is 15.6 Å². The van der Waals surface area contributed by atoms with Gasteiger partial charge in [-0.05, 0) is 43.2 Å². The number of nitrogens with one attached hydrogen (secondary N) is 3. The Bertz CT molecular complexity index is 1040. The fraction of sp³-hybridized carbons (Fsp3) is 0.200. The highest BCUT2D eigenvalue weighted by atomic mass is 32.2. The number of benzene rings is 2. The maximum atomic E-state index is 13.5. The Morgan fingerprint density at radius 2 is 1.93 bits per heavy atom. The van der Waals surface area contributed by atoms with E-state index in [9.17, 15) is 8.60 Å². The molecule has 146 valence electrons. The molecule has 1 aromatic heterocycles. The van der Waals surface area contributed by atoms with Crippen LogP contribution in [0.3, 0.4) is 0 Å². The highest BCUT2D eigenvalue weighted by molar-refractivity contribution is 7.73. The number of aromatic nitrogens is 2. The smallest absolute Gasteiger partial charge is 0.229 e. The molecular weight excluding hydrogens is 377 g/mol. The van der Waals surface area contributed by atoms with Gasteiger partial charge in [0.15, 0.2) is 0 Å². The van der Waals surface area contributed by atoms with Crippen molar-refractivity contribution in [3.63, 3.8) is 0 Å². The second-order valence-corrected chi connectivity index (χ2v) is 7.29. The minimum atomic E-state index is -1.76. The fourth-order valence-corrected chi connectivity index (χ4v) is 3.13. The minimum absolute atomic E-state index is 0.216. The first kappa shape index (κ1) is 19.8. The molecule has 28 heavy (non-hydrogen) atoms. The van der Waals surface area contributed by atoms with Crippen molar-refractivity contribution in [2.45, 2.75) is 25.2 Å². The molecule has 0 unspecified atom stereocenters. The van der Waals surface area contributed by atoms with Gasteiger partial charge in [0.1, 0.15) is 11.6 Å². The molecular formula is C20H21FN5OS-. The summed E-state index contributed by atoms with van der Waals surface area (Å²) in [6, 6.07) is 11.8. The maximum absolute atomic E-state index is 13.5. The normalized spacial score (nSPS) is 10.9. The number of nitrogens with zero attached hydrogens (tertiary/aromatic N) is 2. The summed E-state index contributed by atoms with van der Waals surface area (Å²) in [6.45, 7) is 4.44. The molecule has 0 fully saturated rings. The van der Waals surface area contributed by atoms with Crippen LogP contribution in [-0.4, -0.2) is 16.5 Å². The average Bonchev–Trinajstić information content (AvgIpc) is 2.67. The molecule has 3 rings (SSSR count). The molecule has 0 atom stereocenters. The third kappa shape index (κ3) is 4.83. The molecule has 1 heterocycles. The molecule has 3 N–H and O–H groups in total. The molecule has 0 aliphatic carbocycles. The minimum Gasteiger partial charge on any atom is -0.440 e. The Hall–Kier alpha value is -3.00. The number of rotatable bonds is 7. The van der Waals surface area contributed by atoms with Crippen molar-refractivity contribution >= 4 is 28.0 Å². The first-order valence-corrected chi connectivity index (χ1v) is 9.96. The maximum Gasteiger partial charge on any atom is 0.229 e. The number of anilines is 3. The molecule has 0 spiro atoms. The lowest BCUT2D eigenvalue weighted by Crippen LogP contribution is -2.08. The molecule has 0 saturated carbocycles. The summed E-state index contributed by atoms with van der Waals surface area (Å²) >= 11 is 0. The highest BCUT2D eigenvalue weighted by Crippen LogP contribution is 2.21. The zero-order chi connectivity index (χ0) is 20.1. The van der Waals surface area contributed by atoms with Crippen molar-refractivity contribution in [2.75, 3.05) is 17.2 Å². The molecule has 0 saturated heterocycles. The predicted molar refractivity (Wildman–Crippen MR) is 109 cm³/mol. The molecule has 2 aromatic carbocycles. The summed E-state index contributed by atoms with van der Waals surface area (Å²) < 4.78 is 31.9. The van der Waals surface area contributed by atoms with Crippen molar-refractivity contribution in [2.24, 2.45) is 0 Å². The van der Waals surface area contributed by atoms with Gasteiger partial charge in [-0.15, -0.1) is 0 Å². The van der Waals surface area contributed by atoms with Gasteiger partial charge >= 0.3 is 0 Å². The Morgan fingerprint density at radius 1 is 1.18 bits per heavy atom. The fourth-order valence-electron chi connectivity index (χ4n) is 2.74. The van der Waals surface area contributed by atoms with Crippen molar-refractivity contribution in [3.8, 4) is 0 Å². The van der Waals surface area contributed by atoms with Crippen LogP contribution in [0.2, 0.25) is 0 Å². The average molecular weight is 398 g/mol. The van der Waals surface area contributed by atoms with E-state index in [0.717, 1.165) is 16.8 Å². The van der Waals surface area contributed by atoms with Gasteiger partial charge in [0, 0.05) is 30.4 Å². The van der Waals surface area contributed by atoms with Crippen LogP contribution in [0.15, 0.2) is 53.6 Å². The van der Waals surface area contributed by atoms with Gasteiger partial charge in [-0.25, -0.2) is 9.37 Å². The lowest BCUT2D eigenvalue weighted by Gasteiger charge is -2.13. The van der Waals surface area contributed by atoms with Gasteiger partial charge in [0.2, 0.25) is 5.95 Å². The van der Waals surface area contributed by atoms with E-state index in [1.165, 1.54) is 6.07 Å². The Kier molecular flexibility index (Phi) is 6.20. The highest BCUT2D eigenvalue weighted by Gasteiger charge is 2.09. The van der Waals surface area contributed by atoms with E-state index >= 15 is 0 Å². The quantitative estimate of drug-likeness (QED) is 0.499. The molecule has 0 aliphatic heterocycles. The van der Waals surface area contributed by atoms with Crippen LogP contribution in [0.1, 0.15) is 23.6 Å². The van der Waals surface area contributed by atoms with Crippen molar-refractivity contribution in [3.05, 3.63) is 71.2 Å². The summed E-state index contributed by atoms with van der Waals surface area (Å²) in [6.07, 6.45) is 2.34. The monoisotopic (exact) mass is 398 g/mol. The van der Waals surface area contributed by atoms with Crippen molar-refractivity contribution in [1.82, 2.24) is 9.97 Å². The second-order valence-electron chi connectivity index (χ2n) is 6.28. The van der Waals surface area contributed by atoms with E-state index in [-0.39, 0.29) is 5.82 Å². The largest absolute Gasteiger partial charge is 0.440 e. The van der Waals surface area contributed by atoms with E-state index in [4.69, 9.17) is 4.78 Å². The lowest BCUT2D eigenvalue weighted by atomic mass is 10.0. The third-order valence-electron chi connectivity index (χ3n) is 4.15. The van der Waals surface area contributed by atoms with E-state index in [1.807, 2.05) is 13.0 Å². The van der Waals surface area contributed by atoms with E-state index < -0.39 is 10.6 Å². The summed E-state index contributed by atoms with van der Waals surface area (Å²) in [5, 5.41) is 6.35. The van der Waals surface area contributed by atoms with Crippen LogP contribution in [0.5, 0.6) is 0 Å². The van der Waals surface area contributed by atoms with Crippen molar-refractivity contribution in [1.29, 1.82) is 4.78 Å². The van der Waals surface area contributed by atoms with E-state index in [1.54, 1.807) is 43.5 Å². The molecule has 0 bridgehead atoms. The van der Waals surface area contributed by atoms with Gasteiger partial charge in [0.05, 0.1) is 0 Å². The van der Waals surface area contributed by atoms with Gasteiger partial charge in [-0.1, -0.05) is 29.2 Å². The number of hydrogen-bond donors (Lipinski definition) is 3. The zero-order valence-electron chi connectivity index (χ0n) is 15.6. The summed E-state index contributed by atoms with van der Waals surface area (Å²) in [4.78, 5) is 9.36. The molecule has 0 aliphatic rings. The number of halogens is 1. The van der Waals surface area contributed by atoms with Crippen LogP contribution in [-0.2, 0) is 21.2 Å². The number of aryl methyl sites for hydroxylation is 1. The van der Waals surface area contributed by atoms with E-state index in [0.29, 0.717) is 35.2 Å². The topological polar surface area (TPSA) is 90.8 Å². The predicted octanol–water partition coefficient (Wildman–Crippen LogP) is 4.78. The van der Waals surface area contributed by atoms with Gasteiger partial charge < -0.3 is 19.6 Å². The number of hydrogen-bond acceptors (Lipinski definition) is 7. The summed E-state index contributed by atoms with van der Waals surface area (Å²) in [5.74, 6) is 0.923. The Morgan fingerprint density at radius 3 is 2.57 bits per heavy atom. The van der Waals surface area contributed by atoms with E-state index in [2.05, 4.69) is 20.6 Å². The summed E-state index contributed by atoms with van der Waals surface area (Å²) in [7, 11) is -1.76. The van der Waals surface area contributed by atoms with Crippen molar-refractivity contribution < 1.29 is 8.60 Å².